The lowest BCUT2D eigenvalue weighted by Gasteiger charge is -2.03. The summed E-state index contributed by atoms with van der Waals surface area (Å²) in [6, 6.07) is 8.09. The van der Waals surface area contributed by atoms with Gasteiger partial charge in [-0.15, -0.1) is 0 Å². The van der Waals surface area contributed by atoms with Gasteiger partial charge < -0.3 is 14.8 Å². The standard InChI is InChI=1S/C15H16N4O2/c20-14(16-8-7-15-18-10-19-21-15)6-5-11-9-17-13-4-2-1-3-12(11)13/h1-4,9-10,17H,5-8H2,(H,16,20). The van der Waals surface area contributed by atoms with Crippen LogP contribution >= 0.6 is 0 Å². The summed E-state index contributed by atoms with van der Waals surface area (Å²) in [7, 11) is 0. The molecule has 0 atom stereocenters. The molecular formula is C15H16N4O2. The number of H-pyrrole nitrogens is 1. The number of nitrogens with one attached hydrogen (secondary N) is 2. The Morgan fingerprint density at radius 3 is 3.05 bits per heavy atom. The first-order chi connectivity index (χ1) is 10.3. The third-order valence-electron chi connectivity index (χ3n) is 3.36. The summed E-state index contributed by atoms with van der Waals surface area (Å²) in [6.45, 7) is 0.509. The quantitative estimate of drug-likeness (QED) is 0.723. The lowest BCUT2D eigenvalue weighted by molar-refractivity contribution is -0.121. The average Bonchev–Trinajstić information content (AvgIpc) is 3.14. The Kier molecular flexibility index (Phi) is 3.95. The van der Waals surface area contributed by atoms with Gasteiger partial charge in [0.05, 0.1) is 0 Å². The van der Waals surface area contributed by atoms with E-state index in [1.807, 2.05) is 24.4 Å². The number of amides is 1. The molecule has 0 saturated heterocycles. The van der Waals surface area contributed by atoms with Crippen molar-refractivity contribution >= 4 is 16.8 Å². The van der Waals surface area contributed by atoms with Crippen molar-refractivity contribution in [3.63, 3.8) is 0 Å². The van der Waals surface area contributed by atoms with Gasteiger partial charge in [0.15, 0.2) is 6.33 Å². The fourth-order valence-corrected chi connectivity index (χ4v) is 2.29. The van der Waals surface area contributed by atoms with Crippen LogP contribution in [0.25, 0.3) is 10.9 Å². The molecule has 0 saturated carbocycles. The number of aromatic nitrogens is 3. The molecule has 21 heavy (non-hydrogen) atoms. The number of benzene rings is 1. The van der Waals surface area contributed by atoms with Crippen LogP contribution in [0.5, 0.6) is 0 Å². The van der Waals surface area contributed by atoms with Crippen LogP contribution in [0.3, 0.4) is 0 Å². The molecule has 0 radical (unpaired) electrons. The fourth-order valence-electron chi connectivity index (χ4n) is 2.29. The number of aryl methyl sites for hydroxylation is 1. The minimum atomic E-state index is 0.0276. The zero-order chi connectivity index (χ0) is 14.5. The number of rotatable bonds is 6. The van der Waals surface area contributed by atoms with Crippen LogP contribution in [0.2, 0.25) is 0 Å². The smallest absolute Gasteiger partial charge is 0.228 e. The summed E-state index contributed by atoms with van der Waals surface area (Å²) >= 11 is 0. The second-order valence-electron chi connectivity index (χ2n) is 4.79. The first-order valence-electron chi connectivity index (χ1n) is 6.90. The van der Waals surface area contributed by atoms with E-state index in [1.165, 1.54) is 11.7 Å². The van der Waals surface area contributed by atoms with Gasteiger partial charge >= 0.3 is 0 Å². The zero-order valence-corrected chi connectivity index (χ0v) is 11.5. The van der Waals surface area contributed by atoms with Crippen LogP contribution in [0.4, 0.5) is 0 Å². The number of fused-ring (bicyclic) bond motifs is 1. The van der Waals surface area contributed by atoms with Gasteiger partial charge in [0.2, 0.25) is 11.8 Å². The summed E-state index contributed by atoms with van der Waals surface area (Å²) in [5, 5.41) is 7.55. The number of hydrogen-bond acceptors (Lipinski definition) is 4. The molecule has 0 fully saturated rings. The molecule has 0 aliphatic carbocycles. The Bertz CT molecular complexity index is 718. The molecule has 6 nitrogen and oxygen atoms in total. The van der Waals surface area contributed by atoms with Gasteiger partial charge in [0.1, 0.15) is 0 Å². The van der Waals surface area contributed by atoms with Crippen molar-refractivity contribution in [1.82, 2.24) is 20.4 Å². The van der Waals surface area contributed by atoms with Gasteiger partial charge in [-0.1, -0.05) is 23.4 Å². The monoisotopic (exact) mass is 284 g/mol. The largest absolute Gasteiger partial charge is 0.361 e. The second-order valence-corrected chi connectivity index (χ2v) is 4.79. The lowest BCUT2D eigenvalue weighted by atomic mass is 10.1. The van der Waals surface area contributed by atoms with Gasteiger partial charge in [-0.3, -0.25) is 4.79 Å². The van der Waals surface area contributed by atoms with Crippen molar-refractivity contribution in [1.29, 1.82) is 0 Å². The molecule has 2 N–H and O–H groups in total. The van der Waals surface area contributed by atoms with E-state index < -0.39 is 0 Å². The van der Waals surface area contributed by atoms with Gasteiger partial charge in [-0.05, 0) is 18.1 Å². The van der Waals surface area contributed by atoms with Crippen molar-refractivity contribution in [2.75, 3.05) is 6.54 Å². The minimum Gasteiger partial charge on any atom is -0.361 e. The Labute approximate surface area is 121 Å². The maximum absolute atomic E-state index is 11.8. The molecule has 3 aromatic rings. The topological polar surface area (TPSA) is 83.8 Å². The zero-order valence-electron chi connectivity index (χ0n) is 11.5. The number of carbonyl (C=O) groups is 1. The molecule has 0 unspecified atom stereocenters. The van der Waals surface area contributed by atoms with E-state index >= 15 is 0 Å². The second kappa shape index (κ2) is 6.21. The molecule has 2 heterocycles. The maximum Gasteiger partial charge on any atom is 0.228 e. The number of para-hydroxylation sites is 1. The van der Waals surface area contributed by atoms with E-state index in [9.17, 15) is 4.79 Å². The number of aromatic amines is 1. The first-order valence-corrected chi connectivity index (χ1v) is 6.90. The molecular weight excluding hydrogens is 268 g/mol. The van der Waals surface area contributed by atoms with Crippen LogP contribution in [0.1, 0.15) is 17.9 Å². The molecule has 0 bridgehead atoms. The van der Waals surface area contributed by atoms with Crippen molar-refractivity contribution in [2.24, 2.45) is 0 Å². The molecule has 6 heteroatoms. The molecule has 0 spiro atoms. The highest BCUT2D eigenvalue weighted by Crippen LogP contribution is 2.18. The van der Waals surface area contributed by atoms with Crippen LogP contribution < -0.4 is 5.32 Å². The minimum absolute atomic E-state index is 0.0276. The SMILES string of the molecule is O=C(CCc1c[nH]c2ccccc12)NCCc1ncno1. The van der Waals surface area contributed by atoms with E-state index in [4.69, 9.17) is 4.52 Å². The van der Waals surface area contributed by atoms with Crippen LogP contribution in [0.15, 0.2) is 41.3 Å². The van der Waals surface area contributed by atoms with Gasteiger partial charge in [-0.25, -0.2) is 0 Å². The van der Waals surface area contributed by atoms with Crippen molar-refractivity contribution in [2.45, 2.75) is 19.3 Å². The van der Waals surface area contributed by atoms with Crippen LogP contribution in [-0.4, -0.2) is 27.6 Å². The normalized spacial score (nSPS) is 10.9. The summed E-state index contributed by atoms with van der Waals surface area (Å²) < 4.78 is 4.87. The molecule has 0 aliphatic heterocycles. The number of hydrogen-bond donors (Lipinski definition) is 2. The molecule has 108 valence electrons. The molecule has 1 amide bonds. The summed E-state index contributed by atoms with van der Waals surface area (Å²) in [6.07, 6.45) is 5.06. The Balaban J connectivity index is 1.47. The average molecular weight is 284 g/mol. The predicted octanol–water partition coefficient (Wildman–Crippen LogP) is 1.84. The van der Waals surface area contributed by atoms with Crippen molar-refractivity contribution < 1.29 is 9.32 Å². The van der Waals surface area contributed by atoms with Crippen LogP contribution in [0, 0.1) is 0 Å². The highest BCUT2D eigenvalue weighted by molar-refractivity contribution is 5.84. The third-order valence-corrected chi connectivity index (χ3v) is 3.36. The van der Waals surface area contributed by atoms with E-state index in [1.54, 1.807) is 0 Å². The van der Waals surface area contributed by atoms with Gasteiger partial charge in [0, 0.05) is 36.5 Å². The summed E-state index contributed by atoms with van der Waals surface area (Å²) in [4.78, 5) is 18.9. The Morgan fingerprint density at radius 2 is 2.19 bits per heavy atom. The summed E-state index contributed by atoms with van der Waals surface area (Å²) in [5.41, 5.74) is 2.27. The Hall–Kier alpha value is -2.63. The fraction of sp³-hybridized carbons (Fsp3) is 0.267. The highest BCUT2D eigenvalue weighted by Gasteiger charge is 2.07. The van der Waals surface area contributed by atoms with E-state index in [-0.39, 0.29) is 5.91 Å². The lowest BCUT2D eigenvalue weighted by Crippen LogP contribution is -2.25. The molecule has 0 aliphatic rings. The van der Waals surface area contributed by atoms with E-state index in [2.05, 4.69) is 26.5 Å². The predicted molar refractivity (Wildman–Crippen MR) is 77.6 cm³/mol. The van der Waals surface area contributed by atoms with Gasteiger partial charge in [0.25, 0.3) is 0 Å². The first kappa shape index (κ1) is 13.4. The van der Waals surface area contributed by atoms with E-state index in [0.29, 0.717) is 25.3 Å². The van der Waals surface area contributed by atoms with Crippen molar-refractivity contribution in [3.05, 3.63) is 48.2 Å². The number of carbonyl (C=O) groups excluding carboxylic acids is 1. The molecule has 2 aromatic heterocycles. The Morgan fingerprint density at radius 1 is 1.29 bits per heavy atom. The summed E-state index contributed by atoms with van der Waals surface area (Å²) in [5.74, 6) is 0.562. The molecule has 1 aromatic carbocycles. The van der Waals surface area contributed by atoms with Crippen molar-refractivity contribution in [3.8, 4) is 0 Å². The van der Waals surface area contributed by atoms with E-state index in [0.717, 1.165) is 17.5 Å². The molecule has 3 rings (SSSR count). The van der Waals surface area contributed by atoms with Gasteiger partial charge in [-0.2, -0.15) is 4.98 Å². The maximum atomic E-state index is 11.8. The highest BCUT2D eigenvalue weighted by atomic mass is 16.5. The van der Waals surface area contributed by atoms with Crippen LogP contribution in [-0.2, 0) is 17.6 Å². The third kappa shape index (κ3) is 3.28. The number of nitrogens with zero attached hydrogens (tertiary/aromatic N) is 2.